The van der Waals surface area contributed by atoms with Crippen molar-refractivity contribution in [2.75, 3.05) is 13.2 Å². The lowest BCUT2D eigenvalue weighted by molar-refractivity contribution is 0.171. The van der Waals surface area contributed by atoms with E-state index in [0.717, 1.165) is 24.8 Å². The lowest BCUT2D eigenvalue weighted by Crippen LogP contribution is -2.31. The molecule has 2 aliphatic rings. The molecule has 4 rings (SSSR count). The fraction of sp³-hybridized carbons (Fsp3) is 0.333. The Bertz CT molecular complexity index is 863. The normalized spacial score (nSPS) is 19.6. The van der Waals surface area contributed by atoms with E-state index in [2.05, 4.69) is 10.8 Å². The Hall–Kier alpha value is -2.05. The van der Waals surface area contributed by atoms with Crippen LogP contribution in [0, 0.1) is 0 Å². The molecule has 1 unspecified atom stereocenters. The number of ether oxygens (including phenoxy) is 2. The highest BCUT2D eigenvalue weighted by Crippen LogP contribution is 2.34. The van der Waals surface area contributed by atoms with Crippen LogP contribution < -0.4 is 14.2 Å². The second-order valence-corrected chi connectivity index (χ2v) is 7.78. The van der Waals surface area contributed by atoms with Crippen molar-refractivity contribution in [2.24, 2.45) is 0 Å². The number of fused-ring (bicyclic) bond motifs is 2. The van der Waals surface area contributed by atoms with Gasteiger partial charge in [0.05, 0.1) is 4.90 Å². The monoisotopic (exact) mass is 345 g/mol. The lowest BCUT2D eigenvalue weighted by atomic mass is 9.88. The third kappa shape index (κ3) is 2.87. The van der Waals surface area contributed by atoms with Gasteiger partial charge in [0.1, 0.15) is 13.2 Å². The van der Waals surface area contributed by atoms with E-state index >= 15 is 0 Å². The van der Waals surface area contributed by atoms with E-state index in [-0.39, 0.29) is 10.9 Å². The summed E-state index contributed by atoms with van der Waals surface area (Å²) in [6.07, 6.45) is 2.78. The fourth-order valence-corrected chi connectivity index (χ4v) is 4.59. The fourth-order valence-electron chi connectivity index (χ4n) is 3.32. The van der Waals surface area contributed by atoms with Crippen LogP contribution in [0.1, 0.15) is 30.0 Å². The molecular formula is C18H19NO4S. The summed E-state index contributed by atoms with van der Waals surface area (Å²) in [4.78, 5) is 0.204. The van der Waals surface area contributed by atoms with Gasteiger partial charge in [-0.25, -0.2) is 13.1 Å². The van der Waals surface area contributed by atoms with Crippen molar-refractivity contribution < 1.29 is 17.9 Å². The molecule has 126 valence electrons. The Kier molecular flexibility index (Phi) is 3.94. The van der Waals surface area contributed by atoms with E-state index in [4.69, 9.17) is 9.47 Å². The summed E-state index contributed by atoms with van der Waals surface area (Å²) >= 11 is 0. The zero-order valence-corrected chi connectivity index (χ0v) is 14.0. The average Bonchev–Trinajstić information content (AvgIpc) is 2.61. The van der Waals surface area contributed by atoms with Gasteiger partial charge in [-0.15, -0.1) is 0 Å². The Labute approximate surface area is 141 Å². The molecule has 0 bridgehead atoms. The number of rotatable bonds is 3. The largest absolute Gasteiger partial charge is 0.486 e. The Balaban J connectivity index is 1.62. The SMILES string of the molecule is O=S(=O)(NC1CCCc2ccccc21)c1ccc2c(c1)OCCO2. The Morgan fingerprint density at radius 3 is 2.67 bits per heavy atom. The van der Waals surface area contributed by atoms with Crippen LogP contribution in [0.3, 0.4) is 0 Å². The molecule has 1 atom stereocenters. The number of nitrogens with one attached hydrogen (secondary N) is 1. The number of aryl methyl sites for hydroxylation is 1. The van der Waals surface area contributed by atoms with Crippen molar-refractivity contribution >= 4 is 10.0 Å². The van der Waals surface area contributed by atoms with Gasteiger partial charge in [0.25, 0.3) is 0 Å². The first kappa shape index (κ1) is 15.5. The Morgan fingerprint density at radius 1 is 1.00 bits per heavy atom. The maximum Gasteiger partial charge on any atom is 0.241 e. The predicted octanol–water partition coefficient (Wildman–Crippen LogP) is 2.81. The van der Waals surface area contributed by atoms with E-state index < -0.39 is 10.0 Å². The summed E-state index contributed by atoms with van der Waals surface area (Å²) in [6.45, 7) is 0.913. The van der Waals surface area contributed by atoms with Gasteiger partial charge >= 0.3 is 0 Å². The maximum atomic E-state index is 12.8. The number of hydrogen-bond donors (Lipinski definition) is 1. The zero-order chi connectivity index (χ0) is 16.6. The molecule has 0 saturated heterocycles. The van der Waals surface area contributed by atoms with Crippen LogP contribution in [0.25, 0.3) is 0 Å². The molecule has 2 aromatic rings. The van der Waals surface area contributed by atoms with Crippen LogP contribution in [-0.4, -0.2) is 21.6 Å². The van der Waals surface area contributed by atoms with Gasteiger partial charge in [0, 0.05) is 12.1 Å². The molecule has 0 spiro atoms. The predicted molar refractivity (Wildman–Crippen MR) is 89.9 cm³/mol. The van der Waals surface area contributed by atoms with Gasteiger partial charge in [-0.05, 0) is 42.5 Å². The molecule has 1 N–H and O–H groups in total. The summed E-state index contributed by atoms with van der Waals surface area (Å²) in [7, 11) is -3.62. The molecule has 0 saturated carbocycles. The maximum absolute atomic E-state index is 12.8. The van der Waals surface area contributed by atoms with Crippen LogP contribution >= 0.6 is 0 Å². The minimum atomic E-state index is -3.62. The van der Waals surface area contributed by atoms with Crippen molar-refractivity contribution in [3.63, 3.8) is 0 Å². The highest BCUT2D eigenvalue weighted by molar-refractivity contribution is 7.89. The zero-order valence-electron chi connectivity index (χ0n) is 13.2. The quantitative estimate of drug-likeness (QED) is 0.929. The average molecular weight is 345 g/mol. The highest BCUT2D eigenvalue weighted by Gasteiger charge is 2.26. The van der Waals surface area contributed by atoms with Gasteiger partial charge in [-0.1, -0.05) is 24.3 Å². The van der Waals surface area contributed by atoms with E-state index in [1.54, 1.807) is 12.1 Å². The van der Waals surface area contributed by atoms with E-state index in [0.29, 0.717) is 24.7 Å². The van der Waals surface area contributed by atoms with Gasteiger partial charge in [0.2, 0.25) is 10.0 Å². The van der Waals surface area contributed by atoms with Crippen LogP contribution in [0.2, 0.25) is 0 Å². The van der Waals surface area contributed by atoms with Crippen molar-refractivity contribution in [3.05, 3.63) is 53.6 Å². The first-order valence-electron chi connectivity index (χ1n) is 8.13. The molecule has 1 aliphatic heterocycles. The minimum Gasteiger partial charge on any atom is -0.486 e. The summed E-state index contributed by atoms with van der Waals surface area (Å²) in [5.41, 5.74) is 2.29. The van der Waals surface area contributed by atoms with Crippen molar-refractivity contribution in [1.82, 2.24) is 4.72 Å². The third-order valence-corrected chi connectivity index (χ3v) is 5.96. The molecule has 1 heterocycles. The van der Waals surface area contributed by atoms with Crippen molar-refractivity contribution in [1.29, 1.82) is 0 Å². The minimum absolute atomic E-state index is 0.187. The van der Waals surface area contributed by atoms with Gasteiger partial charge < -0.3 is 9.47 Å². The van der Waals surface area contributed by atoms with Crippen LogP contribution in [0.15, 0.2) is 47.4 Å². The first-order chi connectivity index (χ1) is 11.6. The summed E-state index contributed by atoms with van der Waals surface area (Å²) < 4.78 is 39.4. The molecule has 5 nitrogen and oxygen atoms in total. The molecule has 1 aliphatic carbocycles. The molecule has 0 radical (unpaired) electrons. The van der Waals surface area contributed by atoms with Crippen molar-refractivity contribution in [3.8, 4) is 11.5 Å². The second-order valence-electron chi connectivity index (χ2n) is 6.07. The van der Waals surface area contributed by atoms with Gasteiger partial charge in [-0.3, -0.25) is 0 Å². The topological polar surface area (TPSA) is 64.6 Å². The molecule has 0 aromatic heterocycles. The standard InChI is InChI=1S/C18H19NO4S/c20-24(21,14-8-9-17-18(12-14)23-11-10-22-17)19-16-7-3-5-13-4-1-2-6-15(13)16/h1-2,4,6,8-9,12,16,19H,3,5,7,10-11H2. The number of sulfonamides is 1. The Morgan fingerprint density at radius 2 is 1.79 bits per heavy atom. The number of hydrogen-bond acceptors (Lipinski definition) is 4. The lowest BCUT2D eigenvalue weighted by Gasteiger charge is -2.26. The third-order valence-electron chi connectivity index (χ3n) is 4.49. The second kappa shape index (κ2) is 6.11. The first-order valence-corrected chi connectivity index (χ1v) is 9.61. The molecule has 0 fully saturated rings. The summed E-state index contributed by atoms with van der Waals surface area (Å²) in [5.74, 6) is 1.07. The van der Waals surface area contributed by atoms with E-state index in [1.807, 2.05) is 18.2 Å². The molecule has 6 heteroatoms. The van der Waals surface area contributed by atoms with Gasteiger partial charge in [0.15, 0.2) is 11.5 Å². The van der Waals surface area contributed by atoms with E-state index in [9.17, 15) is 8.42 Å². The van der Waals surface area contributed by atoms with Crippen molar-refractivity contribution in [2.45, 2.75) is 30.2 Å². The number of benzene rings is 2. The summed E-state index contributed by atoms with van der Waals surface area (Å²) in [6, 6.07) is 12.6. The van der Waals surface area contributed by atoms with E-state index in [1.165, 1.54) is 11.6 Å². The molecule has 0 amide bonds. The molecule has 2 aromatic carbocycles. The summed E-state index contributed by atoms with van der Waals surface area (Å²) in [5, 5.41) is 0. The van der Waals surface area contributed by atoms with Crippen LogP contribution in [0.4, 0.5) is 0 Å². The molecule has 24 heavy (non-hydrogen) atoms. The highest BCUT2D eigenvalue weighted by atomic mass is 32.2. The van der Waals surface area contributed by atoms with Crippen LogP contribution in [-0.2, 0) is 16.4 Å². The smallest absolute Gasteiger partial charge is 0.241 e. The molecular weight excluding hydrogens is 326 g/mol. The van der Waals surface area contributed by atoms with Crippen LogP contribution in [0.5, 0.6) is 11.5 Å². The van der Waals surface area contributed by atoms with Gasteiger partial charge in [-0.2, -0.15) is 0 Å².